The van der Waals surface area contributed by atoms with E-state index in [1.165, 1.54) is 23.6 Å². The Hall–Kier alpha value is -1.41. The van der Waals surface area contributed by atoms with Crippen LogP contribution in [0.4, 0.5) is 0 Å². The molecule has 1 aliphatic heterocycles. The number of carbonyl (C=O) groups excluding carboxylic acids is 1. The third kappa shape index (κ3) is 5.02. The molecule has 0 bridgehead atoms. The third-order valence-electron chi connectivity index (χ3n) is 6.59. The van der Waals surface area contributed by atoms with Crippen molar-refractivity contribution in [2.45, 2.75) is 77.0 Å². The van der Waals surface area contributed by atoms with Crippen molar-refractivity contribution in [3.05, 3.63) is 11.4 Å². The Labute approximate surface area is 175 Å². The van der Waals surface area contributed by atoms with Crippen LogP contribution in [-0.2, 0) is 14.8 Å². The van der Waals surface area contributed by atoms with Crippen LogP contribution in [0.25, 0.3) is 0 Å². The number of rotatable bonds is 6. The van der Waals surface area contributed by atoms with Crippen molar-refractivity contribution in [3.8, 4) is 0 Å². The number of nitrogens with one attached hydrogen (secondary N) is 1. The summed E-state index contributed by atoms with van der Waals surface area (Å²) in [5, 5.41) is 6.80. The van der Waals surface area contributed by atoms with Gasteiger partial charge >= 0.3 is 0 Å². The normalized spacial score (nSPS) is 24.4. The Bertz CT molecular complexity index is 777. The number of hydrogen-bond donors (Lipinski definition) is 1. The van der Waals surface area contributed by atoms with Gasteiger partial charge in [-0.15, -0.1) is 0 Å². The molecule has 1 aromatic rings. The van der Waals surface area contributed by atoms with Gasteiger partial charge in [-0.25, -0.2) is 8.42 Å². The van der Waals surface area contributed by atoms with E-state index in [2.05, 4.69) is 17.1 Å². The molecule has 7 nitrogen and oxygen atoms in total. The van der Waals surface area contributed by atoms with Crippen LogP contribution in [0.1, 0.15) is 69.7 Å². The second kappa shape index (κ2) is 9.60. The second-order valence-electron chi connectivity index (χ2n) is 8.71. The molecule has 0 spiro atoms. The van der Waals surface area contributed by atoms with Gasteiger partial charge in [0.1, 0.15) is 4.90 Å². The van der Waals surface area contributed by atoms with Crippen LogP contribution < -0.4 is 0 Å². The predicted octanol–water partition coefficient (Wildman–Crippen LogP) is 3.25. The lowest BCUT2D eigenvalue weighted by molar-refractivity contribution is -0.136. The lowest BCUT2D eigenvalue weighted by Gasteiger charge is -2.31. The first kappa shape index (κ1) is 22.3. The third-order valence-corrected chi connectivity index (χ3v) is 8.75. The summed E-state index contributed by atoms with van der Waals surface area (Å²) in [6.07, 6.45) is 8.78. The monoisotopic (exact) mass is 424 g/mol. The summed E-state index contributed by atoms with van der Waals surface area (Å²) in [4.78, 5) is 15.2. The van der Waals surface area contributed by atoms with Crippen molar-refractivity contribution in [1.29, 1.82) is 0 Å². The van der Waals surface area contributed by atoms with E-state index in [0.29, 0.717) is 44.0 Å². The average molecular weight is 425 g/mol. The van der Waals surface area contributed by atoms with E-state index in [1.54, 1.807) is 13.8 Å². The van der Waals surface area contributed by atoms with Crippen molar-refractivity contribution < 1.29 is 13.2 Å². The summed E-state index contributed by atoms with van der Waals surface area (Å²) in [5.74, 6) is 1.13. The van der Waals surface area contributed by atoms with Gasteiger partial charge in [-0.3, -0.25) is 9.89 Å². The summed E-state index contributed by atoms with van der Waals surface area (Å²) >= 11 is 0. The minimum atomic E-state index is -3.59. The standard InChI is InChI=1S/C21H36N4O3S/c1-4-5-7-18-8-10-19(11-9-18)21(26)24-12-6-13-25(15-14-24)29(27,28)20-16(2)22-23-17(20)3/h18-19H,4-15H2,1-3H3,(H,22,23). The Morgan fingerprint density at radius 3 is 2.45 bits per heavy atom. The topological polar surface area (TPSA) is 86.4 Å². The molecule has 1 aliphatic carbocycles. The smallest absolute Gasteiger partial charge is 0.246 e. The quantitative estimate of drug-likeness (QED) is 0.759. The first-order valence-electron chi connectivity index (χ1n) is 11.1. The molecule has 164 valence electrons. The Morgan fingerprint density at radius 1 is 1.10 bits per heavy atom. The van der Waals surface area contributed by atoms with Crippen LogP contribution in [-0.4, -0.2) is 59.9 Å². The Balaban J connectivity index is 1.58. The zero-order valence-corrected chi connectivity index (χ0v) is 18.9. The average Bonchev–Trinajstić information content (AvgIpc) is 2.91. The van der Waals surface area contributed by atoms with Crippen LogP contribution >= 0.6 is 0 Å². The summed E-state index contributed by atoms with van der Waals surface area (Å²) < 4.78 is 27.7. The van der Waals surface area contributed by atoms with Crippen LogP contribution in [0, 0.1) is 25.7 Å². The van der Waals surface area contributed by atoms with E-state index in [9.17, 15) is 13.2 Å². The first-order valence-corrected chi connectivity index (χ1v) is 12.6. The molecule has 2 heterocycles. The molecular formula is C21H36N4O3S. The molecule has 1 aromatic heterocycles. The van der Waals surface area contributed by atoms with Gasteiger partial charge in [-0.1, -0.05) is 26.2 Å². The van der Waals surface area contributed by atoms with Gasteiger partial charge in [0.05, 0.1) is 11.4 Å². The van der Waals surface area contributed by atoms with Crippen molar-refractivity contribution in [2.24, 2.45) is 11.8 Å². The van der Waals surface area contributed by atoms with E-state index in [0.717, 1.165) is 31.6 Å². The minimum absolute atomic E-state index is 0.120. The van der Waals surface area contributed by atoms with Crippen molar-refractivity contribution in [1.82, 2.24) is 19.4 Å². The molecule has 0 atom stereocenters. The maximum atomic E-state index is 13.1. The lowest BCUT2D eigenvalue weighted by Crippen LogP contribution is -2.41. The van der Waals surface area contributed by atoms with Gasteiger partial charge in [-0.2, -0.15) is 9.40 Å². The van der Waals surface area contributed by atoms with E-state index < -0.39 is 10.0 Å². The van der Waals surface area contributed by atoms with Gasteiger partial charge in [0.25, 0.3) is 0 Å². The summed E-state index contributed by atoms with van der Waals surface area (Å²) in [7, 11) is -3.59. The van der Waals surface area contributed by atoms with E-state index in [1.807, 2.05) is 4.90 Å². The van der Waals surface area contributed by atoms with Crippen molar-refractivity contribution >= 4 is 15.9 Å². The van der Waals surface area contributed by atoms with E-state index in [4.69, 9.17) is 0 Å². The molecule has 29 heavy (non-hydrogen) atoms. The van der Waals surface area contributed by atoms with Crippen molar-refractivity contribution in [3.63, 3.8) is 0 Å². The largest absolute Gasteiger partial charge is 0.341 e. The number of unbranched alkanes of at least 4 members (excludes halogenated alkanes) is 1. The zero-order valence-electron chi connectivity index (χ0n) is 18.1. The number of aromatic amines is 1. The molecule has 1 N–H and O–H groups in total. The molecule has 1 saturated carbocycles. The molecule has 0 aromatic carbocycles. The number of aromatic nitrogens is 2. The van der Waals surface area contributed by atoms with Crippen LogP contribution in [0.5, 0.6) is 0 Å². The fourth-order valence-electron chi connectivity index (χ4n) is 4.85. The number of nitrogens with zero attached hydrogens (tertiary/aromatic N) is 3. The molecule has 0 radical (unpaired) electrons. The van der Waals surface area contributed by atoms with Gasteiger partial charge in [0.15, 0.2) is 0 Å². The molecule has 3 rings (SSSR count). The summed E-state index contributed by atoms with van der Waals surface area (Å²) in [6.45, 7) is 7.59. The van der Waals surface area contributed by atoms with Gasteiger partial charge in [-0.05, 0) is 51.9 Å². The van der Waals surface area contributed by atoms with Crippen LogP contribution in [0.15, 0.2) is 4.90 Å². The number of carbonyl (C=O) groups is 1. The molecule has 8 heteroatoms. The fourth-order valence-corrected chi connectivity index (χ4v) is 6.65. The van der Waals surface area contributed by atoms with E-state index >= 15 is 0 Å². The molecule has 1 amide bonds. The number of sulfonamides is 1. The van der Waals surface area contributed by atoms with E-state index in [-0.39, 0.29) is 16.7 Å². The number of amides is 1. The zero-order chi connectivity index (χ0) is 21.0. The maximum Gasteiger partial charge on any atom is 0.246 e. The van der Waals surface area contributed by atoms with Gasteiger partial charge in [0.2, 0.25) is 15.9 Å². The summed E-state index contributed by atoms with van der Waals surface area (Å²) in [6, 6.07) is 0. The highest BCUT2D eigenvalue weighted by atomic mass is 32.2. The number of aryl methyl sites for hydroxylation is 2. The predicted molar refractivity (Wildman–Crippen MR) is 113 cm³/mol. The Kier molecular flexibility index (Phi) is 7.37. The molecule has 2 fully saturated rings. The first-order chi connectivity index (χ1) is 13.8. The Morgan fingerprint density at radius 2 is 1.83 bits per heavy atom. The molecule has 1 saturated heterocycles. The second-order valence-corrected chi connectivity index (χ2v) is 10.6. The fraction of sp³-hybridized carbons (Fsp3) is 0.810. The van der Waals surface area contributed by atoms with Crippen LogP contribution in [0.3, 0.4) is 0 Å². The highest BCUT2D eigenvalue weighted by Gasteiger charge is 2.34. The lowest BCUT2D eigenvalue weighted by atomic mass is 9.79. The number of H-pyrrole nitrogens is 1. The number of hydrogen-bond acceptors (Lipinski definition) is 4. The molecule has 2 aliphatic rings. The SMILES string of the molecule is CCCCC1CCC(C(=O)N2CCCN(S(=O)(=O)c3c(C)n[nH]c3C)CC2)CC1. The molecular weight excluding hydrogens is 388 g/mol. The van der Waals surface area contributed by atoms with Crippen LogP contribution in [0.2, 0.25) is 0 Å². The summed E-state index contributed by atoms with van der Waals surface area (Å²) in [5.41, 5.74) is 1.07. The van der Waals surface area contributed by atoms with Crippen molar-refractivity contribution in [2.75, 3.05) is 26.2 Å². The highest BCUT2D eigenvalue weighted by Crippen LogP contribution is 2.33. The highest BCUT2D eigenvalue weighted by molar-refractivity contribution is 7.89. The molecule has 0 unspecified atom stereocenters. The van der Waals surface area contributed by atoms with Gasteiger partial charge in [0, 0.05) is 32.1 Å². The maximum absolute atomic E-state index is 13.1. The minimum Gasteiger partial charge on any atom is -0.341 e. The van der Waals surface area contributed by atoms with Gasteiger partial charge < -0.3 is 4.90 Å².